The van der Waals surface area contributed by atoms with Crippen molar-refractivity contribution >= 4 is 11.1 Å². The Bertz CT molecular complexity index is 778. The van der Waals surface area contributed by atoms with E-state index in [-0.39, 0.29) is 24.7 Å². The molecule has 0 unspecified atom stereocenters. The van der Waals surface area contributed by atoms with Crippen molar-refractivity contribution in [2.45, 2.75) is 33.2 Å². The van der Waals surface area contributed by atoms with Gasteiger partial charge in [0.1, 0.15) is 11.5 Å². The largest absolute Gasteiger partial charge is 0.508 e. The van der Waals surface area contributed by atoms with E-state index in [1.807, 2.05) is 29.2 Å². The molecule has 2 aromatic carbocycles. The molecule has 152 valence electrons. The first kappa shape index (κ1) is 22.0. The molecule has 0 aromatic heterocycles. The average molecular weight is 386 g/mol. The van der Waals surface area contributed by atoms with Crippen LogP contribution in [0.25, 0.3) is 11.1 Å². The third kappa shape index (κ3) is 5.58. The molecule has 5 heteroatoms. The lowest BCUT2D eigenvalue weighted by atomic mass is 9.90. The fraction of sp³-hybridized carbons (Fsp3) is 0.391. The first-order valence-corrected chi connectivity index (χ1v) is 9.81. The molecule has 0 radical (unpaired) electrons. The lowest BCUT2D eigenvalue weighted by Crippen LogP contribution is -2.29. The number of rotatable bonds is 10. The number of phenolic OH excluding ortho intramolecular Hbond substituents is 2. The van der Waals surface area contributed by atoms with Crippen molar-refractivity contribution in [1.82, 2.24) is 4.90 Å². The van der Waals surface area contributed by atoms with Crippen LogP contribution in [0, 0.1) is 0 Å². The van der Waals surface area contributed by atoms with Crippen LogP contribution in [0.4, 0.5) is 0 Å². The molecule has 0 aliphatic rings. The summed E-state index contributed by atoms with van der Waals surface area (Å²) in [5.41, 5.74) is 5.31. The Morgan fingerprint density at radius 3 is 1.86 bits per heavy atom. The highest BCUT2D eigenvalue weighted by molar-refractivity contribution is 5.91. The molecule has 0 aliphatic carbocycles. The Balaban J connectivity index is 2.44. The number of benzene rings is 2. The minimum absolute atomic E-state index is 0.00139. The number of nitrogens with zero attached hydrogens (tertiary/aromatic N) is 1. The predicted molar refractivity (Wildman–Crippen MR) is 113 cm³/mol. The minimum Gasteiger partial charge on any atom is -0.508 e. The van der Waals surface area contributed by atoms with Crippen molar-refractivity contribution in [2.24, 2.45) is 0 Å². The standard InChI is InChI=1S/C23H31NO4/c1-3-21(17-5-8-20(27)9-6-17)22(4-2)18-7-10-23(28)19(15-18)16-24(11-13-25)12-14-26/h5-10,15,25-28H,3-4,11-14,16H2,1-2H3. The summed E-state index contributed by atoms with van der Waals surface area (Å²) in [6.45, 7) is 5.56. The van der Waals surface area contributed by atoms with Crippen molar-refractivity contribution in [2.75, 3.05) is 26.3 Å². The third-order valence-corrected chi connectivity index (χ3v) is 4.94. The maximum Gasteiger partial charge on any atom is 0.120 e. The maximum absolute atomic E-state index is 10.3. The molecule has 0 saturated heterocycles. The van der Waals surface area contributed by atoms with E-state index in [1.54, 1.807) is 18.2 Å². The van der Waals surface area contributed by atoms with Crippen molar-refractivity contribution in [3.05, 3.63) is 59.2 Å². The lowest BCUT2D eigenvalue weighted by molar-refractivity contribution is 0.155. The predicted octanol–water partition coefficient (Wildman–Crippen LogP) is 3.62. The van der Waals surface area contributed by atoms with E-state index >= 15 is 0 Å². The van der Waals surface area contributed by atoms with Gasteiger partial charge < -0.3 is 20.4 Å². The molecule has 28 heavy (non-hydrogen) atoms. The molecule has 5 nitrogen and oxygen atoms in total. The molecule has 0 atom stereocenters. The van der Waals surface area contributed by atoms with Gasteiger partial charge in [-0.1, -0.05) is 32.0 Å². The fourth-order valence-electron chi connectivity index (χ4n) is 3.54. The zero-order valence-corrected chi connectivity index (χ0v) is 16.7. The van der Waals surface area contributed by atoms with Crippen LogP contribution in [0.3, 0.4) is 0 Å². The topological polar surface area (TPSA) is 84.2 Å². The van der Waals surface area contributed by atoms with Gasteiger partial charge in [-0.05, 0) is 59.4 Å². The van der Waals surface area contributed by atoms with Gasteiger partial charge in [0, 0.05) is 25.2 Å². The van der Waals surface area contributed by atoms with Gasteiger partial charge in [-0.15, -0.1) is 0 Å². The van der Waals surface area contributed by atoms with Crippen LogP contribution in [-0.2, 0) is 6.54 Å². The summed E-state index contributed by atoms with van der Waals surface area (Å²) in [6, 6.07) is 12.9. The summed E-state index contributed by atoms with van der Waals surface area (Å²) < 4.78 is 0. The molecule has 2 aromatic rings. The van der Waals surface area contributed by atoms with Gasteiger partial charge in [-0.25, -0.2) is 0 Å². The highest BCUT2D eigenvalue weighted by Gasteiger charge is 2.13. The Hall–Kier alpha value is -2.34. The second-order valence-electron chi connectivity index (χ2n) is 6.78. The molecule has 0 amide bonds. The molecule has 4 N–H and O–H groups in total. The van der Waals surface area contributed by atoms with Crippen LogP contribution < -0.4 is 0 Å². The number of phenols is 2. The third-order valence-electron chi connectivity index (χ3n) is 4.94. The number of hydrogen-bond acceptors (Lipinski definition) is 5. The smallest absolute Gasteiger partial charge is 0.120 e. The molecular weight excluding hydrogens is 354 g/mol. The highest BCUT2D eigenvalue weighted by atomic mass is 16.3. The number of aliphatic hydroxyl groups is 2. The molecular formula is C23H31NO4. The van der Waals surface area contributed by atoms with Gasteiger partial charge in [-0.2, -0.15) is 0 Å². The van der Waals surface area contributed by atoms with Gasteiger partial charge >= 0.3 is 0 Å². The second-order valence-corrected chi connectivity index (χ2v) is 6.78. The van der Waals surface area contributed by atoms with E-state index in [0.717, 1.165) is 29.5 Å². The van der Waals surface area contributed by atoms with Crippen LogP contribution in [0.15, 0.2) is 42.5 Å². The molecule has 0 bridgehead atoms. The van der Waals surface area contributed by atoms with Crippen LogP contribution in [-0.4, -0.2) is 51.6 Å². The van der Waals surface area contributed by atoms with E-state index in [0.29, 0.717) is 19.6 Å². The summed E-state index contributed by atoms with van der Waals surface area (Å²) in [7, 11) is 0. The Kier molecular flexibility index (Phi) is 8.51. The van der Waals surface area contributed by atoms with Crippen molar-refractivity contribution in [3.63, 3.8) is 0 Å². The molecule has 0 saturated carbocycles. The van der Waals surface area contributed by atoms with Gasteiger partial charge in [-0.3, -0.25) is 4.90 Å². The number of aromatic hydroxyl groups is 2. The SMILES string of the molecule is CCC(=C(CC)c1ccc(O)c(CN(CCO)CCO)c1)c1ccc(O)cc1. The fourth-order valence-corrected chi connectivity index (χ4v) is 3.54. The quantitative estimate of drug-likeness (QED) is 0.470. The zero-order valence-electron chi connectivity index (χ0n) is 16.7. The molecule has 0 spiro atoms. The van der Waals surface area contributed by atoms with Gasteiger partial charge in [0.15, 0.2) is 0 Å². The first-order chi connectivity index (χ1) is 13.5. The summed E-state index contributed by atoms with van der Waals surface area (Å²) >= 11 is 0. The minimum atomic E-state index is 0.00139. The maximum atomic E-state index is 10.3. The summed E-state index contributed by atoms with van der Waals surface area (Å²) in [4.78, 5) is 1.91. The normalized spacial score (nSPS) is 12.3. The van der Waals surface area contributed by atoms with E-state index in [1.165, 1.54) is 11.1 Å². The van der Waals surface area contributed by atoms with Gasteiger partial charge in [0.05, 0.1) is 13.2 Å². The number of aliphatic hydroxyl groups excluding tert-OH is 2. The van der Waals surface area contributed by atoms with Crippen molar-refractivity contribution in [3.8, 4) is 11.5 Å². The summed E-state index contributed by atoms with van der Waals surface area (Å²) in [6.07, 6.45) is 1.69. The van der Waals surface area contributed by atoms with Crippen LogP contribution in [0.1, 0.15) is 43.4 Å². The van der Waals surface area contributed by atoms with E-state index < -0.39 is 0 Å². The molecule has 0 heterocycles. The van der Waals surface area contributed by atoms with Crippen molar-refractivity contribution < 1.29 is 20.4 Å². The van der Waals surface area contributed by atoms with Crippen LogP contribution in [0.5, 0.6) is 11.5 Å². The van der Waals surface area contributed by atoms with Gasteiger partial charge in [0.2, 0.25) is 0 Å². The second kappa shape index (κ2) is 10.9. The molecule has 2 rings (SSSR count). The van der Waals surface area contributed by atoms with Crippen LogP contribution in [0.2, 0.25) is 0 Å². The summed E-state index contributed by atoms with van der Waals surface area (Å²) in [5, 5.41) is 38.4. The van der Waals surface area contributed by atoms with Crippen LogP contribution >= 0.6 is 0 Å². The number of hydrogen-bond donors (Lipinski definition) is 4. The van der Waals surface area contributed by atoms with E-state index in [2.05, 4.69) is 13.8 Å². The molecule has 0 aliphatic heterocycles. The van der Waals surface area contributed by atoms with Gasteiger partial charge in [0.25, 0.3) is 0 Å². The lowest BCUT2D eigenvalue weighted by Gasteiger charge is -2.22. The number of allylic oxidation sites excluding steroid dienone is 2. The molecule has 0 fully saturated rings. The van der Waals surface area contributed by atoms with E-state index in [9.17, 15) is 20.4 Å². The summed E-state index contributed by atoms with van der Waals surface area (Å²) in [5.74, 6) is 0.458. The Labute approximate surface area is 167 Å². The Morgan fingerprint density at radius 2 is 1.32 bits per heavy atom. The Morgan fingerprint density at radius 1 is 0.786 bits per heavy atom. The zero-order chi connectivity index (χ0) is 20.5. The van der Waals surface area contributed by atoms with Crippen molar-refractivity contribution in [1.29, 1.82) is 0 Å². The first-order valence-electron chi connectivity index (χ1n) is 9.81. The monoisotopic (exact) mass is 385 g/mol. The van der Waals surface area contributed by atoms with E-state index in [4.69, 9.17) is 0 Å². The average Bonchev–Trinajstić information content (AvgIpc) is 2.69. The highest BCUT2D eigenvalue weighted by Crippen LogP contribution is 2.34.